The molecule has 0 amide bonds. The summed E-state index contributed by atoms with van der Waals surface area (Å²) < 4.78 is 8.52. The molecule has 0 N–H and O–H groups in total. The molecule has 0 unspecified atom stereocenters. The molecule has 0 saturated heterocycles. The predicted octanol–water partition coefficient (Wildman–Crippen LogP) is -10.2. The molecular formula is H2Li2Na2O3Si. The first kappa shape index (κ1) is 30.8. The predicted molar refractivity (Wildman–Crippen MR) is 20.7 cm³/mol. The molecule has 0 radical (unpaired) electrons. The first-order valence-electron chi connectivity index (χ1n) is 0.612. The van der Waals surface area contributed by atoms with Gasteiger partial charge in [0.25, 0.3) is 0 Å². The van der Waals surface area contributed by atoms with Gasteiger partial charge in [-0.3, -0.25) is 0 Å². The van der Waals surface area contributed by atoms with Crippen molar-refractivity contribution >= 4 is 68.3 Å². The van der Waals surface area contributed by atoms with Crippen molar-refractivity contribution in [2.45, 2.75) is 0 Å². The molecule has 28 valence electrons. The van der Waals surface area contributed by atoms with Gasteiger partial charge in [-0.05, 0) is 0 Å². The third-order valence-corrected chi connectivity index (χ3v) is 0. The van der Waals surface area contributed by atoms with E-state index < -0.39 is 9.17 Å². The van der Waals surface area contributed by atoms with E-state index in [4.69, 9.17) is 14.1 Å². The van der Waals surface area contributed by atoms with Gasteiger partial charge < -0.3 is 14.1 Å². The van der Waals surface area contributed by atoms with Crippen molar-refractivity contribution < 1.29 is 51.8 Å². The van der Waals surface area contributed by atoms with Gasteiger partial charge in [-0.2, -0.15) is 0 Å². The van der Waals surface area contributed by atoms with Crippen LogP contribution >= 0.6 is 0 Å². The fourth-order valence-electron chi connectivity index (χ4n) is 0. The zero-order chi connectivity index (χ0) is 3.58. The normalized spacial score (nSPS) is 3.00. The Balaban J connectivity index is -0.00000000750. The monoisotopic (exact) mass is 138 g/mol. The maximum absolute atomic E-state index is 8.52. The number of hydrogen-bond acceptors (Lipinski definition) is 3. The Morgan fingerprint density at radius 1 is 1.00 bits per heavy atom. The standard InChI is InChI=1S/2Li.2Na.O3Si.2H/c;;;;1-4(2)3;;/q2*+1;;;-2;;. The van der Waals surface area contributed by atoms with Crippen LogP contribution in [-0.4, -0.2) is 68.3 Å². The second-order valence-electron chi connectivity index (χ2n) is 0.250. The summed E-state index contributed by atoms with van der Waals surface area (Å²) in [5.74, 6) is 0. The van der Waals surface area contributed by atoms with Crippen LogP contribution in [0, 0.1) is 0 Å². The molecule has 0 aromatic rings. The van der Waals surface area contributed by atoms with Gasteiger partial charge in [0, 0.05) is 9.17 Å². The molecule has 0 rings (SSSR count). The Morgan fingerprint density at radius 3 is 1.00 bits per heavy atom. The molecule has 0 saturated carbocycles. The molecular weight excluding hydrogens is 136 g/mol. The third kappa shape index (κ3) is 68.0. The first-order chi connectivity index (χ1) is 1.73. The summed E-state index contributed by atoms with van der Waals surface area (Å²) in [6.07, 6.45) is 0. The quantitative estimate of drug-likeness (QED) is 0.312. The fourth-order valence-corrected chi connectivity index (χ4v) is 0. The minimum atomic E-state index is -3.63. The van der Waals surface area contributed by atoms with Crippen molar-refractivity contribution in [2.24, 2.45) is 0 Å². The third-order valence-electron chi connectivity index (χ3n) is 0. The van der Waals surface area contributed by atoms with E-state index in [1.165, 1.54) is 0 Å². The molecule has 0 bridgehead atoms. The summed E-state index contributed by atoms with van der Waals surface area (Å²) in [5.41, 5.74) is 0. The van der Waals surface area contributed by atoms with Crippen LogP contribution in [0.5, 0.6) is 0 Å². The molecule has 0 aromatic heterocycles. The Morgan fingerprint density at radius 2 is 1.00 bits per heavy atom. The van der Waals surface area contributed by atoms with E-state index in [-0.39, 0.29) is 96.8 Å². The second-order valence-corrected chi connectivity index (χ2v) is 0.750. The van der Waals surface area contributed by atoms with Gasteiger partial charge in [0.05, 0.1) is 0 Å². The molecule has 8 heavy (non-hydrogen) atoms. The van der Waals surface area contributed by atoms with Crippen molar-refractivity contribution in [1.29, 1.82) is 0 Å². The van der Waals surface area contributed by atoms with Crippen LogP contribution in [0.4, 0.5) is 0 Å². The topological polar surface area (TPSA) is 63.2 Å². The van der Waals surface area contributed by atoms with Crippen LogP contribution in [0.2, 0.25) is 0 Å². The number of rotatable bonds is 0. The van der Waals surface area contributed by atoms with Crippen molar-refractivity contribution in [1.82, 2.24) is 0 Å². The molecule has 0 aromatic carbocycles. The molecule has 8 heteroatoms. The fraction of sp³-hybridized carbons (Fsp3) is 0. The average Bonchev–Trinajstić information content (AvgIpc) is 0.811. The van der Waals surface area contributed by atoms with Crippen molar-refractivity contribution in [2.75, 3.05) is 0 Å². The van der Waals surface area contributed by atoms with E-state index in [1.54, 1.807) is 0 Å². The van der Waals surface area contributed by atoms with E-state index in [0.717, 1.165) is 0 Å². The van der Waals surface area contributed by atoms with Crippen LogP contribution in [0.3, 0.4) is 0 Å². The molecule has 0 aliphatic carbocycles. The Kier molecular flexibility index (Phi) is 86.9. The number of hydrogen-bond donors (Lipinski definition) is 0. The zero-order valence-corrected chi connectivity index (χ0v) is 4.72. The minimum absolute atomic E-state index is 0. The summed E-state index contributed by atoms with van der Waals surface area (Å²) in [5, 5.41) is 0. The van der Waals surface area contributed by atoms with E-state index in [0.29, 0.717) is 0 Å². The van der Waals surface area contributed by atoms with Crippen LogP contribution < -0.4 is 47.3 Å². The van der Waals surface area contributed by atoms with Crippen molar-refractivity contribution in [3.8, 4) is 0 Å². The van der Waals surface area contributed by atoms with Gasteiger partial charge in [-0.15, -0.1) is 0 Å². The Labute approximate surface area is 118 Å². The van der Waals surface area contributed by atoms with E-state index in [9.17, 15) is 0 Å². The molecule has 0 aliphatic rings. The Hall–Kier alpha value is 2.81. The molecule has 0 fully saturated rings. The first-order valence-corrected chi connectivity index (χ1v) is 1.84. The van der Waals surface area contributed by atoms with Gasteiger partial charge in [0.2, 0.25) is 0 Å². The van der Waals surface area contributed by atoms with E-state index in [1.807, 2.05) is 0 Å². The Bertz CT molecular complexity index is 38.3. The van der Waals surface area contributed by atoms with Crippen LogP contribution in [0.1, 0.15) is 0 Å². The van der Waals surface area contributed by atoms with Crippen LogP contribution in [-0.2, 0) is 4.46 Å². The van der Waals surface area contributed by atoms with Crippen LogP contribution in [0.25, 0.3) is 0 Å². The average molecular weight is 138 g/mol. The molecule has 0 atom stereocenters. The summed E-state index contributed by atoms with van der Waals surface area (Å²) in [7, 11) is -3.63. The van der Waals surface area contributed by atoms with Crippen LogP contribution in [0.15, 0.2) is 0 Å². The van der Waals surface area contributed by atoms with Gasteiger partial charge in [-0.25, -0.2) is 0 Å². The summed E-state index contributed by atoms with van der Waals surface area (Å²) in [6.45, 7) is 0. The summed E-state index contributed by atoms with van der Waals surface area (Å²) in [4.78, 5) is 17.0. The van der Waals surface area contributed by atoms with E-state index in [2.05, 4.69) is 0 Å². The molecule has 0 heterocycles. The SMILES string of the molecule is O=[Si]([O-])[O-].[Li+].[Li+].[NaH].[NaH]. The van der Waals surface area contributed by atoms with Gasteiger partial charge in [0.15, 0.2) is 0 Å². The maximum atomic E-state index is 8.52. The molecule has 0 aliphatic heterocycles. The summed E-state index contributed by atoms with van der Waals surface area (Å²) >= 11 is 0. The van der Waals surface area contributed by atoms with Crippen molar-refractivity contribution in [3.63, 3.8) is 0 Å². The summed E-state index contributed by atoms with van der Waals surface area (Å²) in [6, 6.07) is 0. The van der Waals surface area contributed by atoms with Gasteiger partial charge in [0.1, 0.15) is 0 Å². The zero-order valence-electron chi connectivity index (χ0n) is 3.72. The molecule has 3 nitrogen and oxygen atoms in total. The van der Waals surface area contributed by atoms with Gasteiger partial charge >= 0.3 is 96.8 Å². The molecule has 0 spiro atoms. The van der Waals surface area contributed by atoms with Gasteiger partial charge in [-0.1, -0.05) is 0 Å². The van der Waals surface area contributed by atoms with Crippen molar-refractivity contribution in [3.05, 3.63) is 0 Å². The second kappa shape index (κ2) is 22.6. The van der Waals surface area contributed by atoms with E-state index >= 15 is 0 Å².